The van der Waals surface area contributed by atoms with Crippen molar-refractivity contribution in [3.63, 3.8) is 0 Å². The lowest BCUT2D eigenvalue weighted by Gasteiger charge is -2.33. The topological polar surface area (TPSA) is 107 Å². The number of carbonyl (C=O) groups excluding carboxylic acids is 1. The quantitative estimate of drug-likeness (QED) is 0.530. The van der Waals surface area contributed by atoms with Crippen LogP contribution in [0.4, 0.5) is 16.8 Å². The Balaban J connectivity index is 1.36. The Morgan fingerprint density at radius 2 is 1.97 bits per heavy atom. The van der Waals surface area contributed by atoms with Gasteiger partial charge >= 0.3 is 6.01 Å². The van der Waals surface area contributed by atoms with Gasteiger partial charge in [-0.05, 0) is 36.7 Å². The average Bonchev–Trinajstić information content (AvgIpc) is 3.49. The fourth-order valence-corrected chi connectivity index (χ4v) is 4.66. The van der Waals surface area contributed by atoms with E-state index in [2.05, 4.69) is 43.2 Å². The summed E-state index contributed by atoms with van der Waals surface area (Å²) in [5, 5.41) is 12.8. The molecule has 10 heteroatoms. The predicted octanol–water partition coefficient (Wildman–Crippen LogP) is 3.92. The van der Waals surface area contributed by atoms with Crippen molar-refractivity contribution >= 4 is 33.9 Å². The number of benzene rings is 1. The number of nitriles is 1. The molecule has 2 aliphatic rings. The maximum atomic E-state index is 11.9. The first-order valence-electron chi connectivity index (χ1n) is 11.5. The summed E-state index contributed by atoms with van der Waals surface area (Å²) in [4.78, 5) is 30.4. The Morgan fingerprint density at radius 1 is 1.17 bits per heavy atom. The molecule has 2 aromatic heterocycles. The lowest BCUT2D eigenvalue weighted by atomic mass is 10.0. The van der Waals surface area contributed by atoms with Crippen LogP contribution in [0.15, 0.2) is 48.2 Å². The zero-order valence-corrected chi connectivity index (χ0v) is 20.2. The summed E-state index contributed by atoms with van der Waals surface area (Å²) in [6.45, 7) is 3.60. The molecule has 1 aromatic carbocycles. The Kier molecular flexibility index (Phi) is 6.70. The van der Waals surface area contributed by atoms with Gasteiger partial charge in [0, 0.05) is 45.1 Å². The highest BCUT2D eigenvalue weighted by Gasteiger charge is 2.19. The number of hydrogen-bond acceptors (Lipinski definition) is 10. The third-order valence-electron chi connectivity index (χ3n) is 6.02. The van der Waals surface area contributed by atoms with Crippen LogP contribution in [-0.4, -0.2) is 58.9 Å². The number of aromatic nitrogens is 3. The molecule has 1 aliphatic carbocycles. The van der Waals surface area contributed by atoms with Crippen LogP contribution >= 0.6 is 11.3 Å². The first-order valence-corrected chi connectivity index (χ1v) is 12.3. The van der Waals surface area contributed by atoms with E-state index in [-0.39, 0.29) is 11.8 Å². The van der Waals surface area contributed by atoms with Gasteiger partial charge in [0.1, 0.15) is 28.3 Å². The molecule has 1 N–H and O–H groups in total. The molecule has 0 radical (unpaired) electrons. The van der Waals surface area contributed by atoms with Crippen LogP contribution in [0.25, 0.3) is 0 Å². The van der Waals surface area contributed by atoms with Gasteiger partial charge < -0.3 is 19.9 Å². The van der Waals surface area contributed by atoms with Crippen molar-refractivity contribution < 1.29 is 9.53 Å². The first-order chi connectivity index (χ1) is 17.1. The average molecular weight is 488 g/mol. The van der Waals surface area contributed by atoms with Crippen molar-refractivity contribution in [1.29, 1.82) is 5.26 Å². The van der Waals surface area contributed by atoms with Crippen LogP contribution in [-0.2, 0) is 11.2 Å². The van der Waals surface area contributed by atoms with Crippen molar-refractivity contribution in [2.45, 2.75) is 19.3 Å². The molecule has 0 atom stereocenters. The maximum absolute atomic E-state index is 11.9. The van der Waals surface area contributed by atoms with E-state index in [1.54, 1.807) is 0 Å². The second-order valence-electron chi connectivity index (χ2n) is 8.56. The van der Waals surface area contributed by atoms with E-state index >= 15 is 0 Å². The third-order valence-corrected chi connectivity index (χ3v) is 6.84. The molecular weight excluding hydrogens is 462 g/mol. The van der Waals surface area contributed by atoms with E-state index in [9.17, 15) is 4.79 Å². The molecular formula is C25H25N7O2S. The summed E-state index contributed by atoms with van der Waals surface area (Å²) >= 11 is 1.26. The van der Waals surface area contributed by atoms with Crippen molar-refractivity contribution in [3.05, 3.63) is 58.6 Å². The first kappa shape index (κ1) is 23.0. The number of piperazine rings is 1. The van der Waals surface area contributed by atoms with E-state index in [4.69, 9.17) is 10.00 Å². The molecule has 5 rings (SSSR count). The molecule has 0 saturated carbocycles. The minimum atomic E-state index is 0.224. The summed E-state index contributed by atoms with van der Waals surface area (Å²) in [7, 11) is 2.11. The molecule has 9 nitrogen and oxygen atoms in total. The SMILES string of the molecule is CN1CCN(c2cc(Nc3ncc(C#N)s3)nc(Oc3ccc(CC4=CCCC4=O)cc3)n2)CC1. The fraction of sp³-hybridized carbons (Fsp3) is 0.320. The standard InChI is InChI=1S/C25H25N7O2S/c1-31-9-11-32(12-10-31)23-14-22(29-25-27-16-20(15-26)35-25)28-24(30-23)34-19-7-5-17(6-8-19)13-18-3-2-4-21(18)33/h3,5-8,14,16H,2,4,9-13H2,1H3,(H,27,28,29,30). The van der Waals surface area contributed by atoms with Crippen LogP contribution < -0.4 is 15.0 Å². The van der Waals surface area contributed by atoms with Crippen molar-refractivity contribution in [1.82, 2.24) is 19.9 Å². The Labute approximate surface area is 207 Å². The molecule has 35 heavy (non-hydrogen) atoms. The maximum Gasteiger partial charge on any atom is 0.325 e. The minimum absolute atomic E-state index is 0.224. The Hall–Kier alpha value is -3.81. The molecule has 0 amide bonds. The number of anilines is 3. The van der Waals surface area contributed by atoms with Crippen LogP contribution in [0.1, 0.15) is 23.3 Å². The molecule has 1 aliphatic heterocycles. The summed E-state index contributed by atoms with van der Waals surface area (Å²) in [5.41, 5.74) is 1.95. The smallest absolute Gasteiger partial charge is 0.325 e. The summed E-state index contributed by atoms with van der Waals surface area (Å²) in [6.07, 6.45) is 5.66. The van der Waals surface area contributed by atoms with E-state index in [1.165, 1.54) is 17.5 Å². The Morgan fingerprint density at radius 3 is 2.66 bits per heavy atom. The van der Waals surface area contributed by atoms with E-state index < -0.39 is 0 Å². The van der Waals surface area contributed by atoms with Gasteiger partial charge in [0.15, 0.2) is 10.9 Å². The number of thiazole rings is 1. The molecule has 0 bridgehead atoms. The predicted molar refractivity (Wildman–Crippen MR) is 134 cm³/mol. The van der Waals surface area contributed by atoms with Gasteiger partial charge in [0.2, 0.25) is 0 Å². The summed E-state index contributed by atoms with van der Waals surface area (Å²) in [5.74, 6) is 2.17. The summed E-state index contributed by atoms with van der Waals surface area (Å²) < 4.78 is 6.03. The van der Waals surface area contributed by atoms with Gasteiger partial charge in [-0.25, -0.2) is 4.98 Å². The second-order valence-corrected chi connectivity index (χ2v) is 9.60. The Bertz CT molecular complexity index is 1290. The fourth-order valence-electron chi connectivity index (χ4n) is 4.04. The zero-order chi connectivity index (χ0) is 24.2. The number of rotatable bonds is 7. The van der Waals surface area contributed by atoms with Gasteiger partial charge in [-0.1, -0.05) is 29.5 Å². The number of nitrogens with zero attached hydrogens (tertiary/aromatic N) is 6. The van der Waals surface area contributed by atoms with Crippen molar-refractivity contribution in [2.75, 3.05) is 43.4 Å². The number of nitrogens with one attached hydrogen (secondary N) is 1. The highest BCUT2D eigenvalue weighted by Crippen LogP contribution is 2.28. The van der Waals surface area contributed by atoms with Crippen LogP contribution in [0, 0.1) is 11.3 Å². The van der Waals surface area contributed by atoms with Gasteiger partial charge in [-0.15, -0.1) is 0 Å². The van der Waals surface area contributed by atoms with Gasteiger partial charge in [0.25, 0.3) is 0 Å². The van der Waals surface area contributed by atoms with Crippen LogP contribution in [0.3, 0.4) is 0 Å². The molecule has 1 fully saturated rings. The third kappa shape index (κ3) is 5.65. The van der Waals surface area contributed by atoms with Gasteiger partial charge in [-0.3, -0.25) is 4.79 Å². The number of hydrogen-bond donors (Lipinski definition) is 1. The lowest BCUT2D eigenvalue weighted by molar-refractivity contribution is -0.115. The number of likely N-dealkylation sites (N-methyl/N-ethyl adjacent to an activating group) is 1. The van der Waals surface area contributed by atoms with Gasteiger partial charge in [0.05, 0.1) is 6.20 Å². The largest absolute Gasteiger partial charge is 0.424 e. The van der Waals surface area contributed by atoms with Crippen molar-refractivity contribution in [2.24, 2.45) is 0 Å². The van der Waals surface area contributed by atoms with Gasteiger partial charge in [-0.2, -0.15) is 15.2 Å². The number of ketones is 1. The summed E-state index contributed by atoms with van der Waals surface area (Å²) in [6, 6.07) is 11.9. The molecule has 1 saturated heterocycles. The molecule has 0 unspecified atom stereocenters. The highest BCUT2D eigenvalue weighted by molar-refractivity contribution is 7.16. The van der Waals surface area contributed by atoms with E-state index in [1.807, 2.05) is 36.4 Å². The zero-order valence-electron chi connectivity index (χ0n) is 19.4. The monoisotopic (exact) mass is 487 g/mol. The lowest BCUT2D eigenvalue weighted by Crippen LogP contribution is -2.44. The number of ether oxygens (including phenoxy) is 1. The van der Waals surface area contributed by atoms with Crippen LogP contribution in [0.2, 0.25) is 0 Å². The number of allylic oxidation sites excluding steroid dienone is 2. The van der Waals surface area contributed by atoms with Crippen molar-refractivity contribution in [3.8, 4) is 17.8 Å². The van der Waals surface area contributed by atoms with E-state index in [0.717, 1.165) is 49.6 Å². The molecule has 178 valence electrons. The minimum Gasteiger partial charge on any atom is -0.424 e. The van der Waals surface area contributed by atoms with E-state index in [0.29, 0.717) is 34.4 Å². The molecule has 3 heterocycles. The normalized spacial score (nSPS) is 16.2. The number of Topliss-reactive ketones (excluding diaryl/α,β-unsaturated/α-hetero) is 1. The highest BCUT2D eigenvalue weighted by atomic mass is 32.1. The van der Waals surface area contributed by atoms with Crippen LogP contribution in [0.5, 0.6) is 11.8 Å². The molecule has 3 aromatic rings. The molecule has 0 spiro atoms. The number of carbonyl (C=O) groups is 1. The second kappa shape index (κ2) is 10.2.